The number of nitrogens with two attached hydrogens (primary N) is 2. The number of carboxylic acid groups (broad SMARTS) is 1. The van der Waals surface area contributed by atoms with Crippen molar-refractivity contribution in [1.29, 1.82) is 0 Å². The summed E-state index contributed by atoms with van der Waals surface area (Å²) in [7, 11) is 0. The molecule has 0 heterocycles. The molecule has 0 aliphatic rings. The summed E-state index contributed by atoms with van der Waals surface area (Å²) in [6.07, 6.45) is 0.487. The van der Waals surface area contributed by atoms with Crippen LogP contribution in [0.3, 0.4) is 0 Å². The number of nitrogens with one attached hydrogen (secondary N) is 3. The molecule has 2 aromatic rings. The summed E-state index contributed by atoms with van der Waals surface area (Å²) in [5.41, 5.74) is 12.9. The first kappa shape index (κ1) is 32.0. The van der Waals surface area contributed by atoms with Crippen molar-refractivity contribution in [3.8, 4) is 0 Å². The topological polar surface area (TPSA) is 194 Å². The third-order valence-electron chi connectivity index (χ3n) is 6.64. The van der Waals surface area contributed by atoms with Crippen LogP contribution >= 0.6 is 0 Å². The van der Waals surface area contributed by atoms with Crippen molar-refractivity contribution in [3.05, 3.63) is 71.8 Å². The van der Waals surface area contributed by atoms with Crippen LogP contribution in [0.15, 0.2) is 60.7 Å². The molecule has 11 nitrogen and oxygen atoms in total. The van der Waals surface area contributed by atoms with E-state index in [1.165, 1.54) is 0 Å². The van der Waals surface area contributed by atoms with E-state index in [2.05, 4.69) is 16.0 Å². The minimum atomic E-state index is -1.21. The van der Waals surface area contributed by atoms with Crippen LogP contribution in [-0.2, 0) is 36.8 Å². The molecule has 0 saturated carbocycles. The number of benzene rings is 2. The number of amides is 4. The van der Waals surface area contributed by atoms with Crippen molar-refractivity contribution < 1.29 is 29.1 Å². The molecular weight excluding hydrogens is 514 g/mol. The number of hydrogen-bond acceptors (Lipinski definition) is 6. The highest BCUT2D eigenvalue weighted by molar-refractivity contribution is 5.94. The predicted molar refractivity (Wildman–Crippen MR) is 150 cm³/mol. The quantitative estimate of drug-likeness (QED) is 0.176. The standard InChI is InChI=1S/C29H39N5O6/c1-3-18(2)25(29(39)40)34-28(38)23(17-20-12-8-5-9-13-20)33-27(37)22(14-15-24(31)35)32-26(36)21(30)16-19-10-6-4-7-11-19/h4-13,18,21-23,25H,3,14-17,30H2,1-2H3,(H2,31,35)(H,32,36)(H,33,37)(H,34,38)(H,39,40). The molecule has 0 bridgehead atoms. The van der Waals surface area contributed by atoms with E-state index < -0.39 is 53.8 Å². The van der Waals surface area contributed by atoms with E-state index in [4.69, 9.17) is 11.5 Å². The summed E-state index contributed by atoms with van der Waals surface area (Å²) >= 11 is 0. The number of carboxylic acids is 1. The highest BCUT2D eigenvalue weighted by atomic mass is 16.4. The van der Waals surface area contributed by atoms with Gasteiger partial charge in [0.15, 0.2) is 0 Å². The Morgan fingerprint density at radius 2 is 1.27 bits per heavy atom. The molecule has 4 amide bonds. The molecular formula is C29H39N5O6. The largest absolute Gasteiger partial charge is 0.480 e. The first-order valence-corrected chi connectivity index (χ1v) is 13.3. The zero-order chi connectivity index (χ0) is 29.7. The highest BCUT2D eigenvalue weighted by Crippen LogP contribution is 2.11. The van der Waals surface area contributed by atoms with Crippen molar-refractivity contribution in [2.24, 2.45) is 17.4 Å². The Hall–Kier alpha value is -4.25. The Morgan fingerprint density at radius 3 is 1.77 bits per heavy atom. The summed E-state index contributed by atoms with van der Waals surface area (Å²) < 4.78 is 0. The molecule has 0 saturated heterocycles. The number of carbonyl (C=O) groups is 5. The van der Waals surface area contributed by atoms with Crippen molar-refractivity contribution in [2.45, 2.75) is 70.1 Å². The van der Waals surface area contributed by atoms with Gasteiger partial charge in [0.2, 0.25) is 23.6 Å². The van der Waals surface area contributed by atoms with E-state index in [9.17, 15) is 29.1 Å². The molecule has 2 rings (SSSR count). The van der Waals surface area contributed by atoms with Crippen molar-refractivity contribution in [1.82, 2.24) is 16.0 Å². The summed E-state index contributed by atoms with van der Waals surface area (Å²) in [5, 5.41) is 17.4. The second kappa shape index (κ2) is 16.0. The fourth-order valence-electron chi connectivity index (χ4n) is 4.06. The second-order valence-electron chi connectivity index (χ2n) is 9.82. The maximum Gasteiger partial charge on any atom is 0.326 e. The van der Waals surface area contributed by atoms with E-state index in [1.54, 1.807) is 37.3 Å². The predicted octanol–water partition coefficient (Wildman–Crippen LogP) is 0.650. The smallest absolute Gasteiger partial charge is 0.326 e. The fourth-order valence-corrected chi connectivity index (χ4v) is 4.06. The van der Waals surface area contributed by atoms with Gasteiger partial charge in [-0.1, -0.05) is 80.9 Å². The maximum absolute atomic E-state index is 13.4. The van der Waals surface area contributed by atoms with Gasteiger partial charge in [-0.2, -0.15) is 0 Å². The highest BCUT2D eigenvalue weighted by Gasteiger charge is 2.32. The van der Waals surface area contributed by atoms with Gasteiger partial charge in [0.05, 0.1) is 6.04 Å². The third-order valence-corrected chi connectivity index (χ3v) is 6.64. The zero-order valence-corrected chi connectivity index (χ0v) is 22.8. The first-order chi connectivity index (χ1) is 19.0. The van der Waals surface area contributed by atoms with Gasteiger partial charge in [-0.05, 0) is 29.9 Å². The van der Waals surface area contributed by atoms with Crippen molar-refractivity contribution in [2.75, 3.05) is 0 Å². The molecule has 11 heteroatoms. The Bertz CT molecular complexity index is 1140. The van der Waals surface area contributed by atoms with Gasteiger partial charge in [0.1, 0.15) is 18.1 Å². The average Bonchev–Trinajstić information content (AvgIpc) is 2.93. The molecule has 5 atom stereocenters. The van der Waals surface area contributed by atoms with Crippen LogP contribution in [0.1, 0.15) is 44.2 Å². The van der Waals surface area contributed by atoms with E-state index in [0.29, 0.717) is 6.42 Å². The SMILES string of the molecule is CCC(C)C(NC(=O)C(Cc1ccccc1)NC(=O)C(CCC(N)=O)NC(=O)C(N)Cc1ccccc1)C(=O)O. The summed E-state index contributed by atoms with van der Waals surface area (Å²) in [6, 6.07) is 13.5. The van der Waals surface area contributed by atoms with E-state index >= 15 is 0 Å². The van der Waals surface area contributed by atoms with Crippen LogP contribution in [0.4, 0.5) is 0 Å². The number of primary amides is 1. The van der Waals surface area contributed by atoms with Crippen molar-refractivity contribution >= 4 is 29.6 Å². The Kier molecular flexibility index (Phi) is 12.8. The number of hydrogen-bond donors (Lipinski definition) is 6. The summed E-state index contributed by atoms with van der Waals surface area (Å²) in [4.78, 5) is 62.8. The molecule has 216 valence electrons. The summed E-state index contributed by atoms with van der Waals surface area (Å²) in [6.45, 7) is 3.52. The zero-order valence-electron chi connectivity index (χ0n) is 22.8. The van der Waals surface area contributed by atoms with Gasteiger partial charge in [0.25, 0.3) is 0 Å². The second-order valence-corrected chi connectivity index (χ2v) is 9.82. The van der Waals surface area contributed by atoms with Gasteiger partial charge in [0, 0.05) is 12.8 Å². The number of aliphatic carboxylic acids is 1. The van der Waals surface area contributed by atoms with Gasteiger partial charge < -0.3 is 32.5 Å². The van der Waals surface area contributed by atoms with Gasteiger partial charge >= 0.3 is 5.97 Å². The van der Waals surface area contributed by atoms with E-state index in [-0.39, 0.29) is 31.6 Å². The minimum absolute atomic E-state index is 0.0647. The van der Waals surface area contributed by atoms with Crippen LogP contribution in [0, 0.1) is 5.92 Å². The molecule has 0 spiro atoms. The molecule has 0 aromatic heterocycles. The monoisotopic (exact) mass is 553 g/mol. The Labute approximate surface area is 234 Å². The van der Waals surface area contributed by atoms with Gasteiger partial charge in [-0.25, -0.2) is 4.79 Å². The van der Waals surface area contributed by atoms with Gasteiger partial charge in [-0.15, -0.1) is 0 Å². The van der Waals surface area contributed by atoms with Crippen LogP contribution in [0.2, 0.25) is 0 Å². The number of carbonyl (C=O) groups excluding carboxylic acids is 4. The molecule has 40 heavy (non-hydrogen) atoms. The number of rotatable bonds is 16. The fraction of sp³-hybridized carbons (Fsp3) is 0.414. The molecule has 0 aliphatic heterocycles. The van der Waals surface area contributed by atoms with E-state index in [1.807, 2.05) is 37.3 Å². The molecule has 0 radical (unpaired) electrons. The lowest BCUT2D eigenvalue weighted by Gasteiger charge is -2.26. The molecule has 8 N–H and O–H groups in total. The van der Waals surface area contributed by atoms with Crippen LogP contribution in [0.25, 0.3) is 0 Å². The summed E-state index contributed by atoms with van der Waals surface area (Å²) in [5.74, 6) is -4.24. The molecule has 5 unspecified atom stereocenters. The maximum atomic E-state index is 13.4. The minimum Gasteiger partial charge on any atom is -0.480 e. The lowest BCUT2D eigenvalue weighted by atomic mass is 9.98. The van der Waals surface area contributed by atoms with Crippen LogP contribution < -0.4 is 27.4 Å². The lowest BCUT2D eigenvalue weighted by Crippen LogP contribution is -2.58. The van der Waals surface area contributed by atoms with Gasteiger partial charge in [-0.3, -0.25) is 19.2 Å². The molecule has 0 aliphatic carbocycles. The van der Waals surface area contributed by atoms with Crippen LogP contribution in [0.5, 0.6) is 0 Å². The van der Waals surface area contributed by atoms with Crippen molar-refractivity contribution in [3.63, 3.8) is 0 Å². The molecule has 0 fully saturated rings. The molecule has 2 aromatic carbocycles. The average molecular weight is 554 g/mol. The lowest BCUT2D eigenvalue weighted by molar-refractivity contribution is -0.143. The Morgan fingerprint density at radius 1 is 0.775 bits per heavy atom. The third kappa shape index (κ3) is 10.5. The van der Waals surface area contributed by atoms with Crippen LogP contribution in [-0.4, -0.2) is 58.9 Å². The Balaban J connectivity index is 2.23. The van der Waals surface area contributed by atoms with E-state index in [0.717, 1.165) is 11.1 Å². The first-order valence-electron chi connectivity index (χ1n) is 13.3. The normalized spacial score (nSPS) is 14.6.